The van der Waals surface area contributed by atoms with Gasteiger partial charge < -0.3 is 33.5 Å². The number of alkyl carbamates (subject to hydrolysis) is 1. The van der Waals surface area contributed by atoms with Gasteiger partial charge in [-0.15, -0.1) is 0 Å². The molecule has 0 saturated carbocycles. The van der Waals surface area contributed by atoms with E-state index >= 15 is 0 Å². The third-order valence-corrected chi connectivity index (χ3v) is 9.36. The average molecular weight is 494 g/mol. The quantitative estimate of drug-likeness (QED) is 0.348. The van der Waals surface area contributed by atoms with E-state index in [1.54, 1.807) is 52.0 Å². The number of amides is 2. The van der Waals surface area contributed by atoms with Gasteiger partial charge in [-0.3, -0.25) is 13.9 Å². The maximum Gasteiger partial charge on any atom is 0.407 e. The molecule has 0 fully saturated rings. The van der Waals surface area contributed by atoms with Crippen LogP contribution < -0.4 is 10.6 Å². The first-order valence-corrected chi connectivity index (χ1v) is 13.5. The number of hydrogen-bond acceptors (Lipinski definition) is 9. The van der Waals surface area contributed by atoms with Gasteiger partial charge in [0, 0.05) is 0 Å². The van der Waals surface area contributed by atoms with Crippen molar-refractivity contribution in [3.63, 3.8) is 0 Å². The normalized spacial score (nSPS) is 11.9. The minimum atomic E-state index is -4.15. The van der Waals surface area contributed by atoms with E-state index < -0.39 is 39.3 Å². The van der Waals surface area contributed by atoms with Crippen molar-refractivity contribution in [2.24, 2.45) is 0 Å². The fourth-order valence-electron chi connectivity index (χ4n) is 2.53. The van der Waals surface area contributed by atoms with Crippen LogP contribution >= 0.6 is 15.2 Å². The molecule has 2 amide bonds. The van der Waals surface area contributed by atoms with Gasteiger partial charge in [-0.05, 0) is 33.3 Å². The molecule has 0 spiro atoms. The van der Waals surface area contributed by atoms with Crippen LogP contribution in [-0.4, -0.2) is 50.5 Å². The Morgan fingerprint density at radius 2 is 1.31 bits per heavy atom. The Hall–Kier alpha value is -1.74. The summed E-state index contributed by atoms with van der Waals surface area (Å²) in [6.45, 7) is 5.62. The SMILES string of the molecule is CCOP(=O)(OCC)C(NC(=O)CNC(=O)OCc1ccccc1)P(=O)(OCC)OCC. The van der Waals surface area contributed by atoms with E-state index in [0.29, 0.717) is 0 Å². The molecule has 1 aromatic rings. The number of rotatable bonds is 15. The summed E-state index contributed by atoms with van der Waals surface area (Å²) in [6, 6.07) is 8.99. The molecule has 0 aliphatic carbocycles. The van der Waals surface area contributed by atoms with Crippen LogP contribution in [-0.2, 0) is 43.4 Å². The van der Waals surface area contributed by atoms with Gasteiger partial charge in [-0.2, -0.15) is 0 Å². The highest BCUT2D eigenvalue weighted by Crippen LogP contribution is 2.69. The molecule has 0 radical (unpaired) electrons. The Bertz CT molecular complexity index is 757. The summed E-state index contributed by atoms with van der Waals surface area (Å²) in [4.78, 5) is 24.4. The summed E-state index contributed by atoms with van der Waals surface area (Å²) in [5.41, 5.74) is -0.944. The van der Waals surface area contributed by atoms with Gasteiger partial charge in [0.05, 0.1) is 26.4 Å². The minimum Gasteiger partial charge on any atom is -0.445 e. The molecule has 182 valence electrons. The van der Waals surface area contributed by atoms with E-state index in [-0.39, 0.29) is 33.0 Å². The number of nitrogens with one attached hydrogen (secondary N) is 2. The summed E-state index contributed by atoms with van der Waals surface area (Å²) in [5.74, 6) is -0.814. The van der Waals surface area contributed by atoms with Gasteiger partial charge >= 0.3 is 21.3 Å². The molecule has 0 aliphatic heterocycles. The van der Waals surface area contributed by atoms with Gasteiger partial charge in [0.1, 0.15) is 13.2 Å². The minimum absolute atomic E-state index is 0.0185. The lowest BCUT2D eigenvalue weighted by atomic mass is 10.2. The van der Waals surface area contributed by atoms with Gasteiger partial charge in [-0.1, -0.05) is 30.3 Å². The topological polar surface area (TPSA) is 138 Å². The largest absolute Gasteiger partial charge is 0.445 e. The second kappa shape index (κ2) is 14.4. The first-order chi connectivity index (χ1) is 15.2. The van der Waals surface area contributed by atoms with E-state index in [2.05, 4.69) is 10.6 Å². The van der Waals surface area contributed by atoms with Gasteiger partial charge in [0.25, 0.3) is 0 Å². The molecule has 0 atom stereocenters. The first kappa shape index (κ1) is 28.3. The fraction of sp³-hybridized carbons (Fsp3) is 0.579. The molecule has 0 aliphatic rings. The van der Waals surface area contributed by atoms with Crippen molar-refractivity contribution in [2.75, 3.05) is 33.0 Å². The molecule has 0 bridgehead atoms. The highest BCUT2D eigenvalue weighted by molar-refractivity contribution is 7.72. The number of ether oxygens (including phenoxy) is 1. The van der Waals surface area contributed by atoms with E-state index in [0.717, 1.165) is 5.56 Å². The molecular formula is C19H32N2O9P2. The Morgan fingerprint density at radius 3 is 1.75 bits per heavy atom. The molecule has 1 rings (SSSR count). The number of carbonyl (C=O) groups excluding carboxylic acids is 2. The highest BCUT2D eigenvalue weighted by atomic mass is 31.2. The second-order valence-corrected chi connectivity index (χ2v) is 10.7. The Morgan fingerprint density at radius 1 is 0.844 bits per heavy atom. The first-order valence-electron chi connectivity index (χ1n) is 10.3. The predicted molar refractivity (Wildman–Crippen MR) is 118 cm³/mol. The molecule has 0 saturated heterocycles. The lowest BCUT2D eigenvalue weighted by molar-refractivity contribution is -0.120. The van der Waals surface area contributed by atoms with Crippen LogP contribution in [0.1, 0.15) is 33.3 Å². The summed E-state index contributed by atoms with van der Waals surface area (Å²) < 4.78 is 52.7. The Balaban J connectivity index is 2.88. The molecule has 0 aromatic heterocycles. The smallest absolute Gasteiger partial charge is 0.407 e. The van der Waals surface area contributed by atoms with E-state index in [1.165, 1.54) is 0 Å². The predicted octanol–water partition coefficient (Wildman–Crippen LogP) is 3.84. The van der Waals surface area contributed by atoms with E-state index in [1.807, 2.05) is 6.07 Å². The lowest BCUT2D eigenvalue weighted by Crippen LogP contribution is -2.43. The van der Waals surface area contributed by atoms with Crippen LogP contribution in [0.25, 0.3) is 0 Å². The third kappa shape index (κ3) is 9.02. The number of hydrogen-bond donors (Lipinski definition) is 2. The zero-order valence-corrected chi connectivity index (χ0v) is 20.6. The van der Waals surface area contributed by atoms with Gasteiger partial charge in [0.15, 0.2) is 0 Å². The molecule has 2 N–H and O–H groups in total. The van der Waals surface area contributed by atoms with Crippen LogP contribution in [0.15, 0.2) is 30.3 Å². The van der Waals surface area contributed by atoms with E-state index in [9.17, 15) is 18.7 Å². The molecule has 1 aromatic carbocycles. The number of carbonyl (C=O) groups is 2. The standard InChI is InChI=1S/C19H32N2O9P2/c1-5-27-31(24,28-6-2)19(32(25,29-7-3)30-8-4)21-17(22)14-20-18(23)26-15-16-12-10-9-11-13-16/h9-13,19H,5-8,14-15H2,1-4H3,(H,20,23)(H,21,22). The number of benzene rings is 1. The van der Waals surface area contributed by atoms with Crippen molar-refractivity contribution in [1.82, 2.24) is 10.6 Å². The Labute approximate surface area is 188 Å². The third-order valence-electron chi connectivity index (χ3n) is 3.73. The maximum atomic E-state index is 13.3. The maximum absolute atomic E-state index is 13.3. The van der Waals surface area contributed by atoms with Gasteiger partial charge in [0.2, 0.25) is 11.4 Å². The molecule has 32 heavy (non-hydrogen) atoms. The van der Waals surface area contributed by atoms with Gasteiger partial charge in [-0.25, -0.2) is 4.79 Å². The second-order valence-electron chi connectivity index (χ2n) is 6.11. The van der Waals surface area contributed by atoms with Crippen molar-refractivity contribution in [1.29, 1.82) is 0 Å². The van der Waals surface area contributed by atoms with Crippen LogP contribution in [0, 0.1) is 0 Å². The van der Waals surface area contributed by atoms with E-state index in [4.69, 9.17) is 22.8 Å². The van der Waals surface area contributed by atoms with Crippen LogP contribution in [0.3, 0.4) is 0 Å². The molecule has 13 heteroatoms. The zero-order chi connectivity index (χ0) is 24.0. The molecule has 0 heterocycles. The summed E-state index contributed by atoms with van der Waals surface area (Å²) in [7, 11) is -8.31. The van der Waals surface area contributed by atoms with Crippen molar-refractivity contribution >= 4 is 27.2 Å². The van der Waals surface area contributed by atoms with Crippen molar-refractivity contribution in [3.05, 3.63) is 35.9 Å². The van der Waals surface area contributed by atoms with Crippen molar-refractivity contribution in [3.8, 4) is 0 Å². The van der Waals surface area contributed by atoms with Crippen LogP contribution in [0.5, 0.6) is 0 Å². The summed E-state index contributed by atoms with van der Waals surface area (Å²) in [5, 5.41) is 4.60. The summed E-state index contributed by atoms with van der Waals surface area (Å²) >= 11 is 0. The molecule has 11 nitrogen and oxygen atoms in total. The average Bonchev–Trinajstić information content (AvgIpc) is 2.76. The fourth-order valence-corrected chi connectivity index (χ4v) is 7.47. The zero-order valence-electron chi connectivity index (χ0n) is 18.8. The van der Waals surface area contributed by atoms with Crippen LogP contribution in [0.2, 0.25) is 0 Å². The highest BCUT2D eigenvalue weighted by Gasteiger charge is 2.52. The molecular weight excluding hydrogens is 462 g/mol. The van der Waals surface area contributed by atoms with Crippen molar-refractivity contribution < 1.29 is 41.6 Å². The Kier molecular flexibility index (Phi) is 12.7. The van der Waals surface area contributed by atoms with Crippen LogP contribution in [0.4, 0.5) is 4.79 Å². The summed E-state index contributed by atoms with van der Waals surface area (Å²) in [6.07, 6.45) is -0.837. The lowest BCUT2D eigenvalue weighted by Gasteiger charge is -2.31. The van der Waals surface area contributed by atoms with Crippen molar-refractivity contribution in [2.45, 2.75) is 39.8 Å². The monoisotopic (exact) mass is 494 g/mol. The molecule has 0 unspecified atom stereocenters.